The van der Waals surface area contributed by atoms with Crippen LogP contribution in [0.4, 0.5) is 4.39 Å². The molecule has 1 aromatic carbocycles. The molecule has 1 unspecified atom stereocenters. The molecule has 1 saturated carbocycles. The van der Waals surface area contributed by atoms with Crippen LogP contribution in [0.1, 0.15) is 37.4 Å². The SMILES string of the molecule is OCC1CCC2(CC1)OCC(c1ccccc1F)O2. The molecule has 0 aromatic heterocycles. The van der Waals surface area contributed by atoms with Gasteiger partial charge in [0, 0.05) is 25.0 Å². The van der Waals surface area contributed by atoms with Crippen molar-refractivity contribution >= 4 is 0 Å². The summed E-state index contributed by atoms with van der Waals surface area (Å²) in [4.78, 5) is 0. The first-order valence-electron chi connectivity index (χ1n) is 6.89. The Morgan fingerprint density at radius 2 is 2.00 bits per heavy atom. The fourth-order valence-corrected chi connectivity index (χ4v) is 3.01. The van der Waals surface area contributed by atoms with Gasteiger partial charge in [0.2, 0.25) is 0 Å². The molecule has 0 radical (unpaired) electrons. The Labute approximate surface area is 112 Å². The second-order valence-electron chi connectivity index (χ2n) is 5.48. The van der Waals surface area contributed by atoms with Crippen molar-refractivity contribution in [3.05, 3.63) is 35.6 Å². The van der Waals surface area contributed by atoms with Crippen molar-refractivity contribution in [3.8, 4) is 0 Å². The fourth-order valence-electron chi connectivity index (χ4n) is 3.01. The second kappa shape index (κ2) is 5.19. The zero-order chi connectivity index (χ0) is 13.3. The maximum atomic E-state index is 13.7. The third-order valence-electron chi connectivity index (χ3n) is 4.23. The molecule has 3 rings (SSSR count). The molecule has 2 fully saturated rings. The third kappa shape index (κ3) is 2.53. The lowest BCUT2D eigenvalue weighted by Gasteiger charge is -2.35. The highest BCUT2D eigenvalue weighted by molar-refractivity contribution is 5.21. The van der Waals surface area contributed by atoms with E-state index in [2.05, 4.69) is 0 Å². The highest BCUT2D eigenvalue weighted by Crippen LogP contribution is 2.44. The molecule has 1 saturated heterocycles. The summed E-state index contributed by atoms with van der Waals surface area (Å²) in [5.41, 5.74) is 0.573. The van der Waals surface area contributed by atoms with Gasteiger partial charge >= 0.3 is 0 Å². The minimum absolute atomic E-state index is 0.229. The van der Waals surface area contributed by atoms with Crippen LogP contribution in [0, 0.1) is 11.7 Å². The maximum Gasteiger partial charge on any atom is 0.169 e. The van der Waals surface area contributed by atoms with Gasteiger partial charge in [-0.15, -0.1) is 0 Å². The topological polar surface area (TPSA) is 38.7 Å². The summed E-state index contributed by atoms with van der Waals surface area (Å²) < 4.78 is 25.6. The number of aliphatic hydroxyl groups is 1. The molecule has 0 bridgehead atoms. The number of halogens is 1. The smallest absolute Gasteiger partial charge is 0.169 e. The number of benzene rings is 1. The van der Waals surface area contributed by atoms with Crippen LogP contribution in [-0.2, 0) is 9.47 Å². The van der Waals surface area contributed by atoms with Gasteiger partial charge in [0.1, 0.15) is 11.9 Å². The van der Waals surface area contributed by atoms with Crippen LogP contribution in [0.5, 0.6) is 0 Å². The Morgan fingerprint density at radius 3 is 2.68 bits per heavy atom. The number of aliphatic hydroxyl groups excluding tert-OH is 1. The highest BCUT2D eigenvalue weighted by Gasteiger charge is 2.44. The summed E-state index contributed by atoms with van der Waals surface area (Å²) in [5, 5.41) is 9.16. The maximum absolute atomic E-state index is 13.7. The zero-order valence-corrected chi connectivity index (χ0v) is 10.8. The van der Waals surface area contributed by atoms with E-state index in [9.17, 15) is 4.39 Å². The lowest BCUT2D eigenvalue weighted by atomic mass is 9.85. The van der Waals surface area contributed by atoms with Crippen LogP contribution in [-0.4, -0.2) is 24.1 Å². The molecule has 104 valence electrons. The molecule has 19 heavy (non-hydrogen) atoms. The van der Waals surface area contributed by atoms with Crippen LogP contribution in [0.3, 0.4) is 0 Å². The Hall–Kier alpha value is -0.970. The van der Waals surface area contributed by atoms with E-state index < -0.39 is 5.79 Å². The average molecular weight is 266 g/mol. The van der Waals surface area contributed by atoms with Gasteiger partial charge in [-0.3, -0.25) is 0 Å². The Balaban J connectivity index is 1.69. The van der Waals surface area contributed by atoms with Crippen molar-refractivity contribution < 1.29 is 19.0 Å². The van der Waals surface area contributed by atoms with E-state index in [1.807, 2.05) is 6.07 Å². The molecular formula is C15H19FO3. The summed E-state index contributed by atoms with van der Waals surface area (Å²) in [6.07, 6.45) is 3.06. The lowest BCUT2D eigenvalue weighted by Crippen LogP contribution is -2.36. The van der Waals surface area contributed by atoms with E-state index in [0.29, 0.717) is 18.1 Å². The van der Waals surface area contributed by atoms with Crippen LogP contribution in [0.15, 0.2) is 24.3 Å². The minimum atomic E-state index is -0.557. The molecule has 3 nitrogen and oxygen atoms in total. The van der Waals surface area contributed by atoms with E-state index in [1.165, 1.54) is 6.07 Å². The molecule has 1 aliphatic carbocycles. The van der Waals surface area contributed by atoms with Gasteiger partial charge in [-0.05, 0) is 24.8 Å². The molecule has 1 heterocycles. The Morgan fingerprint density at radius 1 is 1.26 bits per heavy atom. The molecule has 1 N–H and O–H groups in total. The van der Waals surface area contributed by atoms with E-state index in [-0.39, 0.29) is 18.5 Å². The van der Waals surface area contributed by atoms with E-state index >= 15 is 0 Å². The molecule has 1 aliphatic heterocycles. The van der Waals surface area contributed by atoms with Gasteiger partial charge in [0.15, 0.2) is 5.79 Å². The van der Waals surface area contributed by atoms with Crippen molar-refractivity contribution in [2.24, 2.45) is 5.92 Å². The van der Waals surface area contributed by atoms with Crippen molar-refractivity contribution in [3.63, 3.8) is 0 Å². The van der Waals surface area contributed by atoms with Gasteiger partial charge < -0.3 is 14.6 Å². The number of rotatable bonds is 2. The molecule has 1 atom stereocenters. The van der Waals surface area contributed by atoms with E-state index in [0.717, 1.165) is 25.7 Å². The fraction of sp³-hybridized carbons (Fsp3) is 0.600. The minimum Gasteiger partial charge on any atom is -0.396 e. The standard InChI is InChI=1S/C15H19FO3/c16-13-4-2-1-3-12(13)14-10-18-15(19-14)7-5-11(9-17)6-8-15/h1-4,11,14,17H,5-10H2. The Bertz CT molecular complexity index is 441. The van der Waals surface area contributed by atoms with Gasteiger partial charge in [-0.1, -0.05) is 18.2 Å². The summed E-state index contributed by atoms with van der Waals surface area (Å²) in [7, 11) is 0. The number of hydrogen-bond acceptors (Lipinski definition) is 3. The summed E-state index contributed by atoms with van der Waals surface area (Å²) in [6, 6.07) is 6.69. The quantitative estimate of drug-likeness (QED) is 0.894. The van der Waals surface area contributed by atoms with Crippen molar-refractivity contribution in [2.45, 2.75) is 37.6 Å². The predicted octanol–water partition coefficient (Wildman–Crippen LogP) is 2.79. The lowest BCUT2D eigenvalue weighted by molar-refractivity contribution is -0.194. The monoisotopic (exact) mass is 266 g/mol. The van der Waals surface area contributed by atoms with Gasteiger partial charge in [-0.25, -0.2) is 4.39 Å². The van der Waals surface area contributed by atoms with E-state index in [4.69, 9.17) is 14.6 Å². The van der Waals surface area contributed by atoms with Crippen LogP contribution < -0.4 is 0 Å². The van der Waals surface area contributed by atoms with E-state index in [1.54, 1.807) is 12.1 Å². The molecule has 2 aliphatic rings. The first-order valence-corrected chi connectivity index (χ1v) is 6.89. The number of hydrogen-bond donors (Lipinski definition) is 1. The van der Waals surface area contributed by atoms with Crippen LogP contribution in [0.25, 0.3) is 0 Å². The Kier molecular flexibility index (Phi) is 3.56. The van der Waals surface area contributed by atoms with Crippen LogP contribution >= 0.6 is 0 Å². The average Bonchev–Trinajstić information content (AvgIpc) is 2.84. The van der Waals surface area contributed by atoms with Crippen molar-refractivity contribution in [1.29, 1.82) is 0 Å². The highest BCUT2D eigenvalue weighted by atomic mass is 19.1. The van der Waals surface area contributed by atoms with Crippen molar-refractivity contribution in [1.82, 2.24) is 0 Å². The first kappa shape index (κ1) is 13.0. The summed E-state index contributed by atoms with van der Waals surface area (Å²) in [6.45, 7) is 0.636. The first-order chi connectivity index (χ1) is 9.22. The summed E-state index contributed by atoms with van der Waals surface area (Å²) >= 11 is 0. The molecule has 0 amide bonds. The van der Waals surface area contributed by atoms with Gasteiger partial charge in [-0.2, -0.15) is 0 Å². The molecule has 4 heteroatoms. The van der Waals surface area contributed by atoms with Crippen molar-refractivity contribution in [2.75, 3.05) is 13.2 Å². The molecular weight excluding hydrogens is 247 g/mol. The number of ether oxygens (including phenoxy) is 2. The largest absolute Gasteiger partial charge is 0.396 e. The third-order valence-corrected chi connectivity index (χ3v) is 4.23. The molecule has 1 aromatic rings. The van der Waals surface area contributed by atoms with Crippen LogP contribution in [0.2, 0.25) is 0 Å². The summed E-state index contributed by atoms with van der Waals surface area (Å²) in [5.74, 6) is -0.443. The molecule has 1 spiro atoms. The second-order valence-corrected chi connectivity index (χ2v) is 5.48. The normalized spacial score (nSPS) is 34.8. The van der Waals surface area contributed by atoms with Gasteiger partial charge in [0.25, 0.3) is 0 Å². The predicted molar refractivity (Wildman–Crippen MR) is 68.0 cm³/mol. The van der Waals surface area contributed by atoms with Gasteiger partial charge in [0.05, 0.1) is 6.61 Å². The zero-order valence-electron chi connectivity index (χ0n) is 10.8.